The van der Waals surface area contributed by atoms with Crippen LogP contribution in [0.15, 0.2) is 35.7 Å². The molecule has 0 saturated carbocycles. The molecule has 1 aromatic heterocycles. The Bertz CT molecular complexity index is 502. The smallest absolute Gasteiger partial charge is 0.0927 e. The molecule has 1 aliphatic rings. The molecule has 0 bridgehead atoms. The first-order chi connectivity index (χ1) is 8.34. The van der Waals surface area contributed by atoms with Crippen molar-refractivity contribution in [2.45, 2.75) is 31.1 Å². The summed E-state index contributed by atoms with van der Waals surface area (Å²) in [5, 5.41) is 2.10. The summed E-state index contributed by atoms with van der Waals surface area (Å²) in [5.41, 5.74) is 4.28. The lowest BCUT2D eigenvalue weighted by molar-refractivity contribution is 0.684. The van der Waals surface area contributed by atoms with Crippen LogP contribution < -0.4 is 0 Å². The van der Waals surface area contributed by atoms with Crippen molar-refractivity contribution in [1.29, 1.82) is 0 Å². The number of benzene rings is 1. The Balaban J connectivity index is 1.93. The minimum atomic E-state index is 0.0160. The lowest BCUT2D eigenvalue weighted by Gasteiger charge is -2.18. The first kappa shape index (κ1) is 11.3. The lowest BCUT2D eigenvalue weighted by Crippen LogP contribution is -2.03. The zero-order valence-electron chi connectivity index (χ0n) is 9.66. The maximum Gasteiger partial charge on any atom is 0.0927 e. The fourth-order valence-corrected chi connectivity index (χ4v) is 3.60. The van der Waals surface area contributed by atoms with E-state index in [4.69, 9.17) is 11.6 Å². The predicted octanol–water partition coefficient (Wildman–Crippen LogP) is 4.96. The normalized spacial score (nSPS) is 16.5. The Morgan fingerprint density at radius 3 is 2.65 bits per heavy atom. The number of alkyl halides is 1. The molecule has 1 atom stereocenters. The summed E-state index contributed by atoms with van der Waals surface area (Å²) in [5.74, 6) is 0. The van der Waals surface area contributed by atoms with E-state index < -0.39 is 0 Å². The fourth-order valence-electron chi connectivity index (χ4n) is 2.51. The fraction of sp³-hybridized carbons (Fsp3) is 0.333. The Morgan fingerprint density at radius 1 is 1.06 bits per heavy atom. The number of fused-ring (bicyclic) bond motifs is 1. The summed E-state index contributed by atoms with van der Waals surface area (Å²) >= 11 is 8.26. The molecular formula is C15H15ClS. The summed E-state index contributed by atoms with van der Waals surface area (Å²) in [7, 11) is 0. The average molecular weight is 263 g/mol. The molecule has 0 radical (unpaired) electrons. The van der Waals surface area contributed by atoms with E-state index >= 15 is 0 Å². The van der Waals surface area contributed by atoms with Crippen molar-refractivity contribution < 1.29 is 0 Å². The van der Waals surface area contributed by atoms with Crippen LogP contribution in [-0.4, -0.2) is 0 Å². The van der Waals surface area contributed by atoms with Crippen LogP contribution in [0.25, 0.3) is 0 Å². The molecule has 1 aliphatic carbocycles. The molecule has 2 aromatic rings. The monoisotopic (exact) mass is 262 g/mol. The number of hydrogen-bond acceptors (Lipinski definition) is 1. The average Bonchev–Trinajstić information content (AvgIpc) is 2.91. The van der Waals surface area contributed by atoms with Gasteiger partial charge >= 0.3 is 0 Å². The van der Waals surface area contributed by atoms with Gasteiger partial charge in [-0.05, 0) is 53.8 Å². The van der Waals surface area contributed by atoms with Crippen LogP contribution in [0.2, 0.25) is 0 Å². The van der Waals surface area contributed by atoms with Gasteiger partial charge in [-0.2, -0.15) is 0 Å². The SMILES string of the molecule is ClC(c1ccc2c(c1)CCCC2)c1cccs1. The minimum Gasteiger partial charge on any atom is -0.147 e. The second-order valence-electron chi connectivity index (χ2n) is 4.61. The van der Waals surface area contributed by atoms with E-state index in [1.807, 2.05) is 0 Å². The quantitative estimate of drug-likeness (QED) is 0.672. The van der Waals surface area contributed by atoms with Crippen molar-refractivity contribution >= 4 is 22.9 Å². The third kappa shape index (κ3) is 2.27. The Labute approximate surface area is 111 Å². The van der Waals surface area contributed by atoms with Gasteiger partial charge < -0.3 is 0 Å². The second kappa shape index (κ2) is 4.83. The molecule has 0 spiro atoms. The van der Waals surface area contributed by atoms with Crippen LogP contribution in [0.1, 0.15) is 39.8 Å². The van der Waals surface area contributed by atoms with Gasteiger partial charge in [-0.25, -0.2) is 0 Å². The van der Waals surface area contributed by atoms with Gasteiger partial charge in [0, 0.05) is 4.88 Å². The Hall–Kier alpha value is -0.790. The van der Waals surface area contributed by atoms with Gasteiger partial charge in [0.25, 0.3) is 0 Å². The van der Waals surface area contributed by atoms with Gasteiger partial charge in [0.05, 0.1) is 5.38 Å². The number of halogens is 1. The molecule has 1 heterocycles. The lowest BCUT2D eigenvalue weighted by atomic mass is 9.90. The molecule has 3 rings (SSSR count). The Kier molecular flexibility index (Phi) is 3.21. The van der Waals surface area contributed by atoms with Gasteiger partial charge in [-0.1, -0.05) is 24.3 Å². The van der Waals surface area contributed by atoms with E-state index in [0.717, 1.165) is 0 Å². The van der Waals surface area contributed by atoms with E-state index in [9.17, 15) is 0 Å². The van der Waals surface area contributed by atoms with Gasteiger partial charge in [0.2, 0.25) is 0 Å². The molecule has 0 saturated heterocycles. The maximum atomic E-state index is 6.53. The van der Waals surface area contributed by atoms with Crippen LogP contribution in [0, 0.1) is 0 Å². The van der Waals surface area contributed by atoms with Crippen LogP contribution in [0.3, 0.4) is 0 Å². The number of rotatable bonds is 2. The molecule has 1 unspecified atom stereocenters. The number of thiophene rings is 1. The van der Waals surface area contributed by atoms with Crippen LogP contribution in [0.5, 0.6) is 0 Å². The molecule has 88 valence electrons. The summed E-state index contributed by atoms with van der Waals surface area (Å²) < 4.78 is 0. The maximum absolute atomic E-state index is 6.53. The van der Waals surface area contributed by atoms with Crippen molar-refractivity contribution in [2.24, 2.45) is 0 Å². The van der Waals surface area contributed by atoms with E-state index in [2.05, 4.69) is 35.7 Å². The van der Waals surface area contributed by atoms with Crippen LogP contribution in [-0.2, 0) is 12.8 Å². The number of aryl methyl sites for hydroxylation is 2. The molecular weight excluding hydrogens is 248 g/mol. The van der Waals surface area contributed by atoms with E-state index in [1.165, 1.54) is 47.3 Å². The van der Waals surface area contributed by atoms with Crippen molar-refractivity contribution in [2.75, 3.05) is 0 Å². The third-order valence-corrected chi connectivity index (χ3v) is 5.01. The van der Waals surface area contributed by atoms with E-state index in [-0.39, 0.29) is 5.38 Å². The van der Waals surface area contributed by atoms with Crippen molar-refractivity contribution in [3.8, 4) is 0 Å². The van der Waals surface area contributed by atoms with Crippen molar-refractivity contribution in [3.05, 3.63) is 57.3 Å². The van der Waals surface area contributed by atoms with Crippen molar-refractivity contribution in [3.63, 3.8) is 0 Å². The zero-order valence-corrected chi connectivity index (χ0v) is 11.2. The highest BCUT2D eigenvalue weighted by Crippen LogP contribution is 2.34. The molecule has 2 heteroatoms. The van der Waals surface area contributed by atoms with E-state index in [1.54, 1.807) is 11.3 Å². The van der Waals surface area contributed by atoms with Crippen molar-refractivity contribution in [1.82, 2.24) is 0 Å². The first-order valence-corrected chi connectivity index (χ1v) is 7.45. The van der Waals surface area contributed by atoms with Gasteiger partial charge in [-0.3, -0.25) is 0 Å². The van der Waals surface area contributed by atoms with Crippen LogP contribution in [0.4, 0.5) is 0 Å². The number of hydrogen-bond donors (Lipinski definition) is 0. The molecule has 0 N–H and O–H groups in total. The van der Waals surface area contributed by atoms with Gasteiger partial charge in [0.1, 0.15) is 0 Å². The summed E-state index contributed by atoms with van der Waals surface area (Å²) in [6, 6.07) is 11.0. The molecule has 0 fully saturated rings. The summed E-state index contributed by atoms with van der Waals surface area (Å²) in [4.78, 5) is 1.24. The molecule has 0 amide bonds. The van der Waals surface area contributed by atoms with Crippen LogP contribution >= 0.6 is 22.9 Å². The van der Waals surface area contributed by atoms with Gasteiger partial charge in [0.15, 0.2) is 0 Å². The highest BCUT2D eigenvalue weighted by molar-refractivity contribution is 7.10. The highest BCUT2D eigenvalue weighted by Gasteiger charge is 2.15. The predicted molar refractivity (Wildman–Crippen MR) is 75.1 cm³/mol. The molecule has 17 heavy (non-hydrogen) atoms. The molecule has 1 aromatic carbocycles. The topological polar surface area (TPSA) is 0 Å². The third-order valence-electron chi connectivity index (χ3n) is 3.46. The standard InChI is InChI=1S/C15H15ClS/c16-15(14-6-3-9-17-14)13-8-7-11-4-1-2-5-12(11)10-13/h3,6-10,15H,1-2,4-5H2. The molecule has 0 nitrogen and oxygen atoms in total. The summed E-state index contributed by atoms with van der Waals surface area (Å²) in [6.07, 6.45) is 5.11. The zero-order chi connectivity index (χ0) is 11.7. The second-order valence-corrected chi connectivity index (χ2v) is 6.03. The highest BCUT2D eigenvalue weighted by atomic mass is 35.5. The van der Waals surface area contributed by atoms with E-state index in [0.29, 0.717) is 0 Å². The minimum absolute atomic E-state index is 0.0160. The summed E-state index contributed by atoms with van der Waals surface area (Å²) in [6.45, 7) is 0. The largest absolute Gasteiger partial charge is 0.147 e. The van der Waals surface area contributed by atoms with Gasteiger partial charge in [-0.15, -0.1) is 22.9 Å². The molecule has 0 aliphatic heterocycles. The Morgan fingerprint density at radius 2 is 1.88 bits per heavy atom. The first-order valence-electron chi connectivity index (χ1n) is 6.14.